The van der Waals surface area contributed by atoms with Gasteiger partial charge in [0.2, 0.25) is 0 Å². The van der Waals surface area contributed by atoms with Crippen LogP contribution in [-0.2, 0) is 13.0 Å². The standard InChI is InChI=1S/C17H18N2O3/c1-3-4-16-18-17(22-19-16)11-21-15-8-6-12-5-7-14(20-2)9-13(12)10-15/h5-10H,3-4,11H2,1-2H3. The molecule has 0 saturated heterocycles. The number of benzene rings is 2. The summed E-state index contributed by atoms with van der Waals surface area (Å²) in [6, 6.07) is 11.9. The molecule has 0 aliphatic carbocycles. The Hall–Kier alpha value is -2.56. The molecule has 0 fully saturated rings. The highest BCUT2D eigenvalue weighted by atomic mass is 16.5. The molecule has 2 aromatic carbocycles. The Bertz CT molecular complexity index is 767. The zero-order valence-electron chi connectivity index (χ0n) is 12.7. The molecular formula is C17H18N2O3. The molecule has 0 aliphatic rings. The van der Waals surface area contributed by atoms with Crippen molar-refractivity contribution in [2.24, 2.45) is 0 Å². The third kappa shape index (κ3) is 3.19. The highest BCUT2D eigenvalue weighted by molar-refractivity contribution is 5.85. The molecule has 1 aromatic heterocycles. The van der Waals surface area contributed by atoms with Crippen LogP contribution in [0, 0.1) is 0 Å². The van der Waals surface area contributed by atoms with Crippen LogP contribution >= 0.6 is 0 Å². The fourth-order valence-electron chi connectivity index (χ4n) is 2.24. The van der Waals surface area contributed by atoms with Gasteiger partial charge in [-0.05, 0) is 41.5 Å². The van der Waals surface area contributed by atoms with Crippen molar-refractivity contribution in [2.75, 3.05) is 7.11 Å². The number of nitrogens with zero attached hydrogens (tertiary/aromatic N) is 2. The highest BCUT2D eigenvalue weighted by Crippen LogP contribution is 2.25. The minimum absolute atomic E-state index is 0.270. The number of aryl methyl sites for hydroxylation is 1. The summed E-state index contributed by atoms with van der Waals surface area (Å²) in [5.41, 5.74) is 0. The molecular weight excluding hydrogens is 280 g/mol. The second-order valence-corrected chi connectivity index (χ2v) is 5.02. The predicted octanol–water partition coefficient (Wildman–Crippen LogP) is 3.76. The average molecular weight is 298 g/mol. The molecule has 3 rings (SSSR count). The van der Waals surface area contributed by atoms with E-state index in [0.717, 1.165) is 40.9 Å². The fraction of sp³-hybridized carbons (Fsp3) is 0.294. The molecule has 3 aromatic rings. The summed E-state index contributed by atoms with van der Waals surface area (Å²) >= 11 is 0. The van der Waals surface area contributed by atoms with Crippen molar-refractivity contribution in [1.82, 2.24) is 10.1 Å². The summed E-state index contributed by atoms with van der Waals surface area (Å²) in [5, 5.41) is 6.11. The van der Waals surface area contributed by atoms with Gasteiger partial charge >= 0.3 is 0 Å². The Morgan fingerprint density at radius 3 is 2.59 bits per heavy atom. The van der Waals surface area contributed by atoms with Crippen LogP contribution in [0.5, 0.6) is 11.5 Å². The third-order valence-electron chi connectivity index (χ3n) is 3.36. The monoisotopic (exact) mass is 298 g/mol. The molecule has 0 unspecified atom stereocenters. The number of aromatic nitrogens is 2. The Kier molecular flexibility index (Phi) is 4.23. The summed E-state index contributed by atoms with van der Waals surface area (Å²) in [6.45, 7) is 2.35. The van der Waals surface area contributed by atoms with Crippen LogP contribution in [0.1, 0.15) is 25.1 Å². The van der Waals surface area contributed by atoms with Gasteiger partial charge in [0.25, 0.3) is 5.89 Å². The van der Waals surface area contributed by atoms with Crippen LogP contribution in [0.15, 0.2) is 40.9 Å². The van der Waals surface area contributed by atoms with E-state index in [-0.39, 0.29) is 6.61 Å². The zero-order chi connectivity index (χ0) is 15.4. The van der Waals surface area contributed by atoms with E-state index in [1.54, 1.807) is 7.11 Å². The Labute approximate surface area is 128 Å². The number of methoxy groups -OCH3 is 1. The largest absolute Gasteiger partial charge is 0.497 e. The normalized spacial score (nSPS) is 10.8. The molecule has 5 nitrogen and oxygen atoms in total. The molecule has 0 spiro atoms. The molecule has 1 heterocycles. The number of rotatable bonds is 6. The van der Waals surface area contributed by atoms with Crippen LogP contribution in [0.4, 0.5) is 0 Å². The summed E-state index contributed by atoms with van der Waals surface area (Å²) in [7, 11) is 1.66. The second-order valence-electron chi connectivity index (χ2n) is 5.02. The number of hydrogen-bond acceptors (Lipinski definition) is 5. The van der Waals surface area contributed by atoms with Crippen molar-refractivity contribution in [1.29, 1.82) is 0 Å². The van der Waals surface area contributed by atoms with Crippen molar-refractivity contribution in [3.63, 3.8) is 0 Å². The van der Waals surface area contributed by atoms with Gasteiger partial charge in [-0.25, -0.2) is 0 Å². The predicted molar refractivity (Wildman–Crippen MR) is 83.1 cm³/mol. The molecule has 0 N–H and O–H groups in total. The first kappa shape index (κ1) is 14.4. The minimum atomic E-state index is 0.270. The van der Waals surface area contributed by atoms with E-state index in [1.807, 2.05) is 36.4 Å². The summed E-state index contributed by atoms with van der Waals surface area (Å²) < 4.78 is 16.1. The second kappa shape index (κ2) is 6.47. The van der Waals surface area contributed by atoms with Crippen molar-refractivity contribution >= 4 is 10.8 Å². The van der Waals surface area contributed by atoms with Gasteiger partial charge in [0, 0.05) is 6.42 Å². The summed E-state index contributed by atoms with van der Waals surface area (Å²) in [4.78, 5) is 4.28. The zero-order valence-corrected chi connectivity index (χ0v) is 12.7. The van der Waals surface area contributed by atoms with E-state index in [1.165, 1.54) is 0 Å². The van der Waals surface area contributed by atoms with Gasteiger partial charge in [0.1, 0.15) is 11.5 Å². The van der Waals surface area contributed by atoms with Crippen molar-refractivity contribution in [3.05, 3.63) is 48.1 Å². The van der Waals surface area contributed by atoms with Crippen LogP contribution in [0.2, 0.25) is 0 Å². The van der Waals surface area contributed by atoms with Crippen LogP contribution in [0.3, 0.4) is 0 Å². The van der Waals surface area contributed by atoms with Gasteiger partial charge in [-0.2, -0.15) is 4.98 Å². The lowest BCUT2D eigenvalue weighted by atomic mass is 10.1. The lowest BCUT2D eigenvalue weighted by Crippen LogP contribution is -1.96. The molecule has 0 saturated carbocycles. The van der Waals surface area contributed by atoms with Gasteiger partial charge in [0.05, 0.1) is 7.11 Å². The minimum Gasteiger partial charge on any atom is -0.497 e. The van der Waals surface area contributed by atoms with Crippen LogP contribution < -0.4 is 9.47 Å². The van der Waals surface area contributed by atoms with Gasteiger partial charge in [-0.1, -0.05) is 24.2 Å². The van der Waals surface area contributed by atoms with Crippen molar-refractivity contribution in [3.8, 4) is 11.5 Å². The fourth-order valence-corrected chi connectivity index (χ4v) is 2.24. The molecule has 0 amide bonds. The molecule has 0 bridgehead atoms. The first-order valence-corrected chi connectivity index (χ1v) is 7.30. The molecule has 22 heavy (non-hydrogen) atoms. The summed E-state index contributed by atoms with van der Waals surface area (Å²) in [5.74, 6) is 2.81. The van der Waals surface area contributed by atoms with Gasteiger partial charge < -0.3 is 14.0 Å². The first-order chi connectivity index (χ1) is 10.8. The van der Waals surface area contributed by atoms with E-state index in [2.05, 4.69) is 17.1 Å². The van der Waals surface area contributed by atoms with Gasteiger partial charge in [-0.3, -0.25) is 0 Å². The number of fused-ring (bicyclic) bond motifs is 1. The van der Waals surface area contributed by atoms with Gasteiger partial charge in [-0.15, -0.1) is 0 Å². The highest BCUT2D eigenvalue weighted by Gasteiger charge is 2.07. The Morgan fingerprint density at radius 1 is 1.05 bits per heavy atom. The lowest BCUT2D eigenvalue weighted by Gasteiger charge is -2.06. The van der Waals surface area contributed by atoms with E-state index in [9.17, 15) is 0 Å². The molecule has 0 radical (unpaired) electrons. The lowest BCUT2D eigenvalue weighted by molar-refractivity contribution is 0.242. The van der Waals surface area contributed by atoms with E-state index in [0.29, 0.717) is 5.89 Å². The van der Waals surface area contributed by atoms with Crippen molar-refractivity contribution < 1.29 is 14.0 Å². The molecule has 5 heteroatoms. The number of hydrogen-bond donors (Lipinski definition) is 0. The first-order valence-electron chi connectivity index (χ1n) is 7.30. The van der Waals surface area contributed by atoms with Crippen molar-refractivity contribution in [2.45, 2.75) is 26.4 Å². The smallest absolute Gasteiger partial charge is 0.264 e. The topological polar surface area (TPSA) is 57.4 Å². The maximum Gasteiger partial charge on any atom is 0.264 e. The number of ether oxygens (including phenoxy) is 2. The Balaban J connectivity index is 1.72. The Morgan fingerprint density at radius 2 is 1.82 bits per heavy atom. The van der Waals surface area contributed by atoms with Crippen LogP contribution in [-0.4, -0.2) is 17.3 Å². The summed E-state index contributed by atoms with van der Waals surface area (Å²) in [6.07, 6.45) is 1.81. The molecule has 114 valence electrons. The van der Waals surface area contributed by atoms with E-state index >= 15 is 0 Å². The molecule has 0 atom stereocenters. The van der Waals surface area contributed by atoms with E-state index in [4.69, 9.17) is 14.0 Å². The van der Waals surface area contributed by atoms with E-state index < -0.39 is 0 Å². The average Bonchev–Trinajstić information content (AvgIpc) is 3.00. The molecule has 0 aliphatic heterocycles. The maximum atomic E-state index is 5.73. The third-order valence-corrected chi connectivity index (χ3v) is 3.36. The van der Waals surface area contributed by atoms with Crippen LogP contribution in [0.25, 0.3) is 10.8 Å². The maximum absolute atomic E-state index is 5.73. The van der Waals surface area contributed by atoms with Gasteiger partial charge in [0.15, 0.2) is 12.4 Å². The SMILES string of the molecule is CCCc1noc(COc2ccc3ccc(OC)cc3c2)n1. The quantitative estimate of drug-likeness (QED) is 0.693.